The van der Waals surface area contributed by atoms with E-state index in [1.54, 1.807) is 12.1 Å². The topological polar surface area (TPSA) is 94.6 Å². The van der Waals surface area contributed by atoms with Crippen LogP contribution >= 0.6 is 0 Å². The van der Waals surface area contributed by atoms with Gasteiger partial charge in [0.05, 0.1) is 18.2 Å². The molecule has 0 amide bonds. The Balaban J connectivity index is 1.33. The molecule has 2 unspecified atom stereocenters. The zero-order chi connectivity index (χ0) is 25.8. The first-order valence-electron chi connectivity index (χ1n) is 13.4. The maximum Gasteiger partial charge on any atom is 0.248 e. The summed E-state index contributed by atoms with van der Waals surface area (Å²) in [6.45, 7) is 7.32. The summed E-state index contributed by atoms with van der Waals surface area (Å²) in [7, 11) is 0. The lowest BCUT2D eigenvalue weighted by molar-refractivity contribution is 0.0725. The summed E-state index contributed by atoms with van der Waals surface area (Å²) < 4.78 is 6.17. The summed E-state index contributed by atoms with van der Waals surface area (Å²) in [6, 6.07) is 17.0. The molecule has 6 heteroatoms. The molecule has 36 heavy (non-hydrogen) atoms. The van der Waals surface area contributed by atoms with Gasteiger partial charge in [-0.05, 0) is 55.5 Å². The van der Waals surface area contributed by atoms with Gasteiger partial charge >= 0.3 is 0 Å². The highest BCUT2D eigenvalue weighted by Crippen LogP contribution is 2.33. The minimum Gasteiger partial charge on any atom is -0.506 e. The Kier molecular flexibility index (Phi) is 11.0. The molecule has 0 aliphatic heterocycles. The number of aromatic amines is 1. The van der Waals surface area contributed by atoms with Crippen LogP contribution in [0.15, 0.2) is 59.4 Å². The molecule has 1 aromatic heterocycles. The van der Waals surface area contributed by atoms with E-state index >= 15 is 0 Å². The van der Waals surface area contributed by atoms with Crippen molar-refractivity contribution in [2.75, 3.05) is 26.3 Å². The average molecular weight is 495 g/mol. The fourth-order valence-corrected chi connectivity index (χ4v) is 5.03. The van der Waals surface area contributed by atoms with Crippen LogP contribution in [0, 0.1) is 0 Å². The van der Waals surface area contributed by atoms with Crippen LogP contribution in [0.3, 0.4) is 0 Å². The number of ether oxygens (including phenoxy) is 1. The highest BCUT2D eigenvalue weighted by Gasteiger charge is 2.29. The summed E-state index contributed by atoms with van der Waals surface area (Å²) in [6.07, 6.45) is 6.98. The van der Waals surface area contributed by atoms with E-state index in [4.69, 9.17) is 4.74 Å². The smallest absolute Gasteiger partial charge is 0.248 e. The van der Waals surface area contributed by atoms with Crippen molar-refractivity contribution in [2.45, 2.75) is 70.3 Å². The number of aliphatic hydroxyl groups excluding tert-OH is 1. The molecule has 0 aliphatic carbocycles. The predicted octanol–water partition coefficient (Wildman–Crippen LogP) is 5.58. The predicted molar refractivity (Wildman–Crippen MR) is 147 cm³/mol. The van der Waals surface area contributed by atoms with Crippen LogP contribution in [0.4, 0.5) is 0 Å². The van der Waals surface area contributed by atoms with Crippen LogP contribution in [0.25, 0.3) is 10.9 Å². The number of aliphatic hydroxyl groups is 1. The molecule has 0 radical (unpaired) electrons. The zero-order valence-corrected chi connectivity index (χ0v) is 21.8. The maximum atomic E-state index is 11.6. The first kappa shape index (κ1) is 27.9. The van der Waals surface area contributed by atoms with Crippen molar-refractivity contribution in [2.24, 2.45) is 0 Å². The van der Waals surface area contributed by atoms with Gasteiger partial charge in [0.2, 0.25) is 5.56 Å². The third-order valence-electron chi connectivity index (χ3n) is 7.17. The average Bonchev–Trinajstić information content (AvgIpc) is 2.90. The van der Waals surface area contributed by atoms with E-state index in [0.717, 1.165) is 64.7 Å². The van der Waals surface area contributed by atoms with Crippen molar-refractivity contribution in [1.82, 2.24) is 10.3 Å². The molecule has 0 spiro atoms. The third-order valence-corrected chi connectivity index (χ3v) is 7.17. The van der Waals surface area contributed by atoms with Crippen molar-refractivity contribution in [3.8, 4) is 5.75 Å². The van der Waals surface area contributed by atoms with Crippen LogP contribution in [0.5, 0.6) is 5.75 Å². The van der Waals surface area contributed by atoms with E-state index in [0.29, 0.717) is 23.0 Å². The lowest BCUT2D eigenvalue weighted by Crippen LogP contribution is -2.31. The molecule has 0 saturated heterocycles. The highest BCUT2D eigenvalue weighted by molar-refractivity contribution is 5.87. The van der Waals surface area contributed by atoms with Gasteiger partial charge in [-0.3, -0.25) is 4.79 Å². The number of aromatic hydroxyl groups is 1. The Morgan fingerprint density at radius 2 is 1.78 bits per heavy atom. The van der Waals surface area contributed by atoms with E-state index in [2.05, 4.69) is 54.5 Å². The molecular weight excluding hydrogens is 452 g/mol. The van der Waals surface area contributed by atoms with Crippen molar-refractivity contribution in [1.29, 1.82) is 0 Å². The lowest BCUT2D eigenvalue weighted by atomic mass is 9.75. The molecule has 1 heterocycles. The van der Waals surface area contributed by atoms with Crippen molar-refractivity contribution in [3.63, 3.8) is 0 Å². The summed E-state index contributed by atoms with van der Waals surface area (Å²) in [5.41, 5.74) is 2.26. The van der Waals surface area contributed by atoms with Gasteiger partial charge < -0.3 is 25.3 Å². The van der Waals surface area contributed by atoms with Gasteiger partial charge in [0.25, 0.3) is 0 Å². The zero-order valence-electron chi connectivity index (χ0n) is 21.8. The number of hydrogen-bond acceptors (Lipinski definition) is 5. The quantitative estimate of drug-likeness (QED) is 0.195. The molecule has 4 N–H and O–H groups in total. The number of nitrogens with one attached hydrogen (secondary N) is 2. The van der Waals surface area contributed by atoms with E-state index in [1.807, 2.05) is 0 Å². The molecule has 0 fully saturated rings. The van der Waals surface area contributed by atoms with Gasteiger partial charge in [-0.15, -0.1) is 0 Å². The summed E-state index contributed by atoms with van der Waals surface area (Å²) in [5, 5.41) is 24.6. The second-order valence-electron chi connectivity index (χ2n) is 9.72. The number of H-pyrrole nitrogens is 1. The number of hydrogen-bond donors (Lipinski definition) is 4. The maximum absolute atomic E-state index is 11.6. The molecule has 196 valence electrons. The Hall–Kier alpha value is -2.67. The second kappa shape index (κ2) is 14.2. The number of benzene rings is 2. The van der Waals surface area contributed by atoms with E-state index < -0.39 is 6.10 Å². The molecule has 0 bridgehead atoms. The Bertz CT molecular complexity index is 1110. The van der Waals surface area contributed by atoms with Gasteiger partial charge in [0, 0.05) is 30.0 Å². The minimum absolute atomic E-state index is 0.00130. The van der Waals surface area contributed by atoms with Crippen molar-refractivity contribution >= 4 is 10.9 Å². The number of phenols is 1. The molecule has 3 aromatic rings. The largest absolute Gasteiger partial charge is 0.506 e. The number of aromatic nitrogens is 1. The number of rotatable bonds is 16. The summed E-state index contributed by atoms with van der Waals surface area (Å²) in [5.74, 6) is 0.00130. The number of fused-ring (bicyclic) bond motifs is 1. The number of phenolic OH excluding ortho intramolecular Hbond substituents is 1. The number of pyridine rings is 1. The molecular formula is C30H42N2O4. The highest BCUT2D eigenvalue weighted by atomic mass is 16.5. The van der Waals surface area contributed by atoms with Crippen molar-refractivity contribution < 1.29 is 14.9 Å². The molecule has 6 nitrogen and oxygen atoms in total. The van der Waals surface area contributed by atoms with Crippen LogP contribution in [-0.2, 0) is 10.2 Å². The molecule has 0 aliphatic rings. The number of unbranched alkanes of at least 4 members (excludes halogenated alkanes) is 3. The fourth-order valence-electron chi connectivity index (χ4n) is 5.03. The minimum atomic E-state index is -0.723. The first-order valence-corrected chi connectivity index (χ1v) is 13.4. The van der Waals surface area contributed by atoms with Gasteiger partial charge in [-0.25, -0.2) is 0 Å². The SMILES string of the molecule is CCCC(CC)(COCCCCCCNCC(O)c1ccc(O)c2[nH]c(=O)ccc12)c1ccccc1. The molecule has 2 aromatic carbocycles. The van der Waals surface area contributed by atoms with E-state index in [9.17, 15) is 15.0 Å². The van der Waals surface area contributed by atoms with Crippen molar-refractivity contribution in [3.05, 3.63) is 76.1 Å². The molecule has 0 saturated carbocycles. The van der Waals surface area contributed by atoms with E-state index in [-0.39, 0.29) is 16.7 Å². The van der Waals surface area contributed by atoms with Crippen LogP contribution in [-0.4, -0.2) is 41.5 Å². The Morgan fingerprint density at radius 3 is 2.53 bits per heavy atom. The van der Waals surface area contributed by atoms with Gasteiger partial charge in [0.15, 0.2) is 0 Å². The Labute approximate surface area is 214 Å². The molecule has 2 atom stereocenters. The van der Waals surface area contributed by atoms with Gasteiger partial charge in [-0.1, -0.05) is 69.5 Å². The standard InChI is InChI=1S/C30H42N2O4/c1-3-18-30(4-2,23-12-8-7-9-13-23)22-36-20-11-6-5-10-19-31-21-27(34)24-14-16-26(33)29-25(24)15-17-28(35)32-29/h7-9,12-17,27,31,33-34H,3-6,10-11,18-22H2,1-2H3,(H,32,35). The van der Waals surface area contributed by atoms with Gasteiger partial charge in [-0.2, -0.15) is 0 Å². The third kappa shape index (κ3) is 7.42. The van der Waals surface area contributed by atoms with Crippen LogP contribution in [0.2, 0.25) is 0 Å². The van der Waals surface area contributed by atoms with Crippen LogP contribution in [0.1, 0.15) is 76.0 Å². The summed E-state index contributed by atoms with van der Waals surface area (Å²) in [4.78, 5) is 14.2. The Morgan fingerprint density at radius 1 is 1.00 bits per heavy atom. The van der Waals surface area contributed by atoms with Gasteiger partial charge in [0.1, 0.15) is 5.75 Å². The monoisotopic (exact) mass is 494 g/mol. The van der Waals surface area contributed by atoms with Crippen LogP contribution < -0.4 is 10.9 Å². The fraction of sp³-hybridized carbons (Fsp3) is 0.500. The lowest BCUT2D eigenvalue weighted by Gasteiger charge is -2.33. The summed E-state index contributed by atoms with van der Waals surface area (Å²) >= 11 is 0. The second-order valence-corrected chi connectivity index (χ2v) is 9.72. The molecule has 3 rings (SSSR count). The van der Waals surface area contributed by atoms with E-state index in [1.165, 1.54) is 17.7 Å². The normalized spacial score (nSPS) is 14.1. The first-order chi connectivity index (χ1) is 17.5.